The number of hydrogen-bond acceptors (Lipinski definition) is 4. The first-order valence-corrected chi connectivity index (χ1v) is 10.1. The number of nitrogens with one attached hydrogen (secondary N) is 2. The van der Waals surface area contributed by atoms with Crippen LogP contribution in [0.5, 0.6) is 5.75 Å². The van der Waals surface area contributed by atoms with Crippen molar-refractivity contribution in [2.75, 3.05) is 17.7 Å². The van der Waals surface area contributed by atoms with Gasteiger partial charge in [-0.3, -0.25) is 9.10 Å². The van der Waals surface area contributed by atoms with Crippen molar-refractivity contribution >= 4 is 36.1 Å². The van der Waals surface area contributed by atoms with Gasteiger partial charge in [0.2, 0.25) is 0 Å². The highest BCUT2D eigenvalue weighted by molar-refractivity contribution is 7.78. The first kappa shape index (κ1) is 24.0. The Morgan fingerprint density at radius 2 is 1.45 bits per heavy atom. The fraction of sp³-hybridized carbons (Fsp3) is 0.130. The number of thiol groups is 1. The summed E-state index contributed by atoms with van der Waals surface area (Å²) in [4.78, 5) is 26.0. The van der Waals surface area contributed by atoms with Gasteiger partial charge < -0.3 is 15.4 Å². The van der Waals surface area contributed by atoms with Crippen LogP contribution in [0.3, 0.4) is 0 Å². The Balaban J connectivity index is 1.90. The van der Waals surface area contributed by atoms with E-state index in [0.717, 1.165) is 16.4 Å². The Morgan fingerprint density at radius 3 is 2.09 bits per heavy atom. The molecular weight excluding hydrogens is 455 g/mol. The van der Waals surface area contributed by atoms with Gasteiger partial charge in [0, 0.05) is 0 Å². The maximum atomic E-state index is 13.3. The second-order valence-corrected chi connectivity index (χ2v) is 7.25. The van der Waals surface area contributed by atoms with E-state index in [-0.39, 0.29) is 0 Å². The summed E-state index contributed by atoms with van der Waals surface area (Å²) in [5.41, 5.74) is -0.713. The summed E-state index contributed by atoms with van der Waals surface area (Å²) in [6, 6.07) is 17.2. The van der Waals surface area contributed by atoms with E-state index in [0.29, 0.717) is 17.0 Å². The molecule has 3 aromatic rings. The zero-order valence-corrected chi connectivity index (χ0v) is 18.2. The lowest BCUT2D eigenvalue weighted by atomic mass is 10.1. The van der Waals surface area contributed by atoms with Crippen LogP contribution in [0.1, 0.15) is 17.2 Å². The van der Waals surface area contributed by atoms with Crippen LogP contribution >= 0.6 is 12.8 Å². The number of urea groups is 1. The first-order chi connectivity index (χ1) is 15.7. The molecule has 0 aliphatic heterocycles. The molecule has 0 saturated heterocycles. The van der Waals surface area contributed by atoms with Crippen LogP contribution in [-0.2, 0) is 11.0 Å². The van der Waals surface area contributed by atoms with Gasteiger partial charge in [-0.05, 0) is 29.8 Å². The molecule has 2 N–H and O–H groups in total. The number of rotatable bonds is 6. The molecule has 1 unspecified atom stereocenters. The number of methoxy groups -OCH3 is 1. The molecule has 6 nitrogen and oxygen atoms in total. The molecule has 3 aromatic carbocycles. The minimum Gasteiger partial charge on any atom is -0.495 e. The summed E-state index contributed by atoms with van der Waals surface area (Å²) in [6.45, 7) is 0. The van der Waals surface area contributed by atoms with Crippen molar-refractivity contribution < 1.29 is 27.5 Å². The fourth-order valence-corrected chi connectivity index (χ4v) is 3.41. The summed E-state index contributed by atoms with van der Waals surface area (Å²) >= 11 is 4.17. The molecule has 1 atom stereocenters. The van der Waals surface area contributed by atoms with Crippen LogP contribution in [0.4, 0.5) is 29.3 Å². The SMILES string of the molecule is COc1ccccc1NC(=O)C(c1ccccc1)N(S)C(=O)Nc1ccccc1C(F)(F)F. The first-order valence-electron chi connectivity index (χ1n) is 9.66. The van der Waals surface area contributed by atoms with E-state index in [2.05, 4.69) is 23.4 Å². The molecule has 33 heavy (non-hydrogen) atoms. The third-order valence-electron chi connectivity index (χ3n) is 4.66. The van der Waals surface area contributed by atoms with Crippen LogP contribution in [0.25, 0.3) is 0 Å². The van der Waals surface area contributed by atoms with E-state index in [1.807, 2.05) is 0 Å². The molecule has 3 amide bonds. The quantitative estimate of drug-likeness (QED) is 0.396. The number of para-hydroxylation sites is 3. The van der Waals surface area contributed by atoms with Crippen molar-refractivity contribution in [3.05, 3.63) is 90.0 Å². The highest BCUT2D eigenvalue weighted by Crippen LogP contribution is 2.35. The molecule has 10 heteroatoms. The fourth-order valence-electron chi connectivity index (χ4n) is 3.12. The second-order valence-electron chi connectivity index (χ2n) is 6.82. The van der Waals surface area contributed by atoms with Crippen LogP contribution in [0.15, 0.2) is 78.9 Å². The average molecular weight is 475 g/mol. The molecule has 0 saturated carbocycles. The third-order valence-corrected chi connectivity index (χ3v) is 5.07. The number of anilines is 2. The normalized spacial score (nSPS) is 11.9. The number of carbonyl (C=O) groups excluding carboxylic acids is 2. The lowest BCUT2D eigenvalue weighted by molar-refractivity contribution is -0.137. The molecule has 0 spiro atoms. The standard InChI is InChI=1S/C23H20F3N3O3S/c1-32-19-14-8-7-13-18(19)27-21(30)20(15-9-3-2-4-10-15)29(33)22(31)28-17-12-6-5-11-16(17)23(24,25)26/h2-14,20,33H,1H3,(H,27,30)(H,28,31). The van der Waals surface area contributed by atoms with Crippen LogP contribution in [0, 0.1) is 0 Å². The molecule has 0 aromatic heterocycles. The minimum absolute atomic E-state index is 0.357. The van der Waals surface area contributed by atoms with Gasteiger partial charge in [0.05, 0.1) is 24.0 Å². The molecule has 172 valence electrons. The van der Waals surface area contributed by atoms with Crippen molar-refractivity contribution in [3.63, 3.8) is 0 Å². The summed E-state index contributed by atoms with van der Waals surface area (Å²) in [5, 5.41) is 4.88. The van der Waals surface area contributed by atoms with Gasteiger partial charge in [-0.15, -0.1) is 0 Å². The highest BCUT2D eigenvalue weighted by atomic mass is 32.1. The number of carbonyl (C=O) groups is 2. The number of hydrogen-bond donors (Lipinski definition) is 3. The lowest BCUT2D eigenvalue weighted by Gasteiger charge is -2.27. The Morgan fingerprint density at radius 1 is 0.879 bits per heavy atom. The Bertz CT molecular complexity index is 1130. The zero-order valence-electron chi connectivity index (χ0n) is 17.3. The number of benzene rings is 3. The van der Waals surface area contributed by atoms with Gasteiger partial charge in [-0.1, -0.05) is 67.4 Å². The summed E-state index contributed by atoms with van der Waals surface area (Å²) in [7, 11) is 1.44. The second kappa shape index (κ2) is 10.3. The average Bonchev–Trinajstić information content (AvgIpc) is 2.80. The minimum atomic E-state index is -4.68. The van der Waals surface area contributed by atoms with Gasteiger partial charge in [0.15, 0.2) is 0 Å². The van der Waals surface area contributed by atoms with Gasteiger partial charge in [-0.25, -0.2) is 4.79 Å². The van der Waals surface area contributed by atoms with E-state index >= 15 is 0 Å². The van der Waals surface area contributed by atoms with E-state index < -0.39 is 35.4 Å². The van der Waals surface area contributed by atoms with Gasteiger partial charge in [0.25, 0.3) is 5.91 Å². The molecule has 0 heterocycles. The molecule has 0 fully saturated rings. The van der Waals surface area contributed by atoms with Crippen LogP contribution in [-0.4, -0.2) is 23.4 Å². The third kappa shape index (κ3) is 5.78. The monoisotopic (exact) mass is 475 g/mol. The van der Waals surface area contributed by atoms with Gasteiger partial charge in [-0.2, -0.15) is 13.2 Å². The summed E-state index contributed by atoms with van der Waals surface area (Å²) in [5.74, 6) is -0.244. The molecule has 0 aliphatic carbocycles. The predicted molar refractivity (Wildman–Crippen MR) is 122 cm³/mol. The molecule has 3 rings (SSSR count). The predicted octanol–water partition coefficient (Wildman–Crippen LogP) is 5.77. The van der Waals surface area contributed by atoms with E-state index in [4.69, 9.17) is 4.74 Å². The highest BCUT2D eigenvalue weighted by Gasteiger charge is 2.35. The van der Waals surface area contributed by atoms with Crippen molar-refractivity contribution in [2.24, 2.45) is 0 Å². The Kier molecular flexibility index (Phi) is 7.49. The van der Waals surface area contributed by atoms with Crippen LogP contribution < -0.4 is 15.4 Å². The van der Waals surface area contributed by atoms with Gasteiger partial charge >= 0.3 is 12.2 Å². The van der Waals surface area contributed by atoms with E-state index in [1.165, 1.54) is 19.2 Å². The summed E-state index contributed by atoms with van der Waals surface area (Å²) in [6.07, 6.45) is -4.68. The van der Waals surface area contributed by atoms with Gasteiger partial charge in [0.1, 0.15) is 11.8 Å². The number of amides is 3. The smallest absolute Gasteiger partial charge is 0.418 e. The maximum absolute atomic E-state index is 13.3. The number of alkyl halides is 3. The topological polar surface area (TPSA) is 70.7 Å². The maximum Gasteiger partial charge on any atom is 0.418 e. The Labute approximate surface area is 193 Å². The zero-order chi connectivity index (χ0) is 24.0. The van der Waals surface area contributed by atoms with Crippen molar-refractivity contribution in [1.29, 1.82) is 0 Å². The lowest BCUT2D eigenvalue weighted by Crippen LogP contribution is -2.38. The number of halogens is 3. The largest absolute Gasteiger partial charge is 0.495 e. The van der Waals surface area contributed by atoms with Crippen molar-refractivity contribution in [1.82, 2.24) is 4.31 Å². The summed E-state index contributed by atoms with van der Waals surface area (Å²) < 4.78 is 45.9. The van der Waals surface area contributed by atoms with Crippen molar-refractivity contribution in [2.45, 2.75) is 12.2 Å². The number of ether oxygens (including phenoxy) is 1. The van der Waals surface area contributed by atoms with Crippen molar-refractivity contribution in [3.8, 4) is 5.75 Å². The Hall–Kier alpha value is -3.66. The molecular formula is C23H20F3N3O3S. The van der Waals surface area contributed by atoms with E-state index in [9.17, 15) is 22.8 Å². The van der Waals surface area contributed by atoms with E-state index in [1.54, 1.807) is 54.6 Å². The number of nitrogens with zero attached hydrogens (tertiary/aromatic N) is 1. The van der Waals surface area contributed by atoms with Crippen LogP contribution in [0.2, 0.25) is 0 Å². The molecule has 0 radical (unpaired) electrons. The molecule has 0 bridgehead atoms. The molecule has 0 aliphatic rings.